The molecule has 0 aromatic carbocycles. The maximum atomic E-state index is 5.01. The lowest BCUT2D eigenvalue weighted by molar-refractivity contribution is 0.357. The van der Waals surface area contributed by atoms with E-state index in [0.29, 0.717) is 0 Å². The molecule has 0 heterocycles. The largest absolute Gasteiger partial charge is 0.365 e. The van der Waals surface area contributed by atoms with Gasteiger partial charge in [-0.05, 0) is 18.6 Å². The zero-order chi connectivity index (χ0) is 9.40. The summed E-state index contributed by atoms with van der Waals surface area (Å²) in [7, 11) is 3.75. The van der Waals surface area contributed by atoms with Crippen molar-refractivity contribution in [2.45, 2.75) is 26.2 Å². The summed E-state index contributed by atoms with van der Waals surface area (Å²) in [6.07, 6.45) is 3.72. The Kier molecular flexibility index (Phi) is 7.09. The fourth-order valence-corrected chi connectivity index (χ4v) is 0.926. The van der Waals surface area contributed by atoms with Crippen LogP contribution < -0.4 is 10.7 Å². The molecule has 0 fully saturated rings. The highest BCUT2D eigenvalue weighted by Gasteiger charge is 1.98. The standard InChI is InChI=1S/C8H19N3S/c1-4-5-6-7-10-11(3)8(12)9-2/h10H,4-7H2,1-3H3,(H,9,12). The van der Waals surface area contributed by atoms with Gasteiger partial charge in [-0.15, -0.1) is 0 Å². The molecule has 0 aromatic heterocycles. The smallest absolute Gasteiger partial charge is 0.182 e. The van der Waals surface area contributed by atoms with Crippen molar-refractivity contribution in [1.29, 1.82) is 0 Å². The molecule has 0 spiro atoms. The molecule has 0 unspecified atom stereocenters. The normalized spacial score (nSPS) is 9.58. The van der Waals surface area contributed by atoms with Crippen molar-refractivity contribution in [3.63, 3.8) is 0 Å². The maximum Gasteiger partial charge on any atom is 0.182 e. The molecule has 0 bridgehead atoms. The number of thiocarbonyl (C=S) groups is 1. The second-order valence-corrected chi connectivity index (χ2v) is 3.12. The summed E-state index contributed by atoms with van der Waals surface area (Å²) in [5, 5.41) is 5.47. The third kappa shape index (κ3) is 5.32. The summed E-state index contributed by atoms with van der Waals surface area (Å²) in [5.74, 6) is 0. The van der Waals surface area contributed by atoms with Crippen LogP contribution in [0, 0.1) is 0 Å². The fourth-order valence-electron chi connectivity index (χ4n) is 0.861. The minimum absolute atomic E-state index is 0.728. The first-order valence-corrected chi connectivity index (χ1v) is 4.82. The molecule has 0 aliphatic carbocycles. The van der Waals surface area contributed by atoms with E-state index in [9.17, 15) is 0 Å². The third-order valence-corrected chi connectivity index (χ3v) is 2.13. The van der Waals surface area contributed by atoms with Crippen molar-refractivity contribution >= 4 is 17.3 Å². The number of nitrogens with one attached hydrogen (secondary N) is 2. The van der Waals surface area contributed by atoms with Crippen LogP contribution in [0.1, 0.15) is 26.2 Å². The van der Waals surface area contributed by atoms with Crippen LogP contribution in [0.2, 0.25) is 0 Å². The van der Waals surface area contributed by atoms with Crippen LogP contribution >= 0.6 is 12.2 Å². The van der Waals surface area contributed by atoms with E-state index in [2.05, 4.69) is 17.7 Å². The molecule has 0 atom stereocenters. The molecule has 4 heteroatoms. The van der Waals surface area contributed by atoms with E-state index in [4.69, 9.17) is 12.2 Å². The summed E-state index contributed by atoms with van der Waals surface area (Å²) in [5.41, 5.74) is 3.20. The lowest BCUT2D eigenvalue weighted by Gasteiger charge is -2.20. The van der Waals surface area contributed by atoms with E-state index in [1.165, 1.54) is 19.3 Å². The van der Waals surface area contributed by atoms with Gasteiger partial charge in [0.25, 0.3) is 0 Å². The molecule has 0 aromatic rings. The maximum absolute atomic E-state index is 5.01. The van der Waals surface area contributed by atoms with Crippen LogP contribution in [0.3, 0.4) is 0 Å². The summed E-state index contributed by atoms with van der Waals surface area (Å²) >= 11 is 5.01. The summed E-state index contributed by atoms with van der Waals surface area (Å²) in [6.45, 7) is 3.19. The van der Waals surface area contributed by atoms with Crippen LogP contribution in [0.5, 0.6) is 0 Å². The van der Waals surface area contributed by atoms with Crippen molar-refractivity contribution < 1.29 is 0 Å². The molecule has 72 valence electrons. The van der Waals surface area contributed by atoms with Gasteiger partial charge in [-0.25, -0.2) is 5.43 Å². The van der Waals surface area contributed by atoms with Crippen LogP contribution in [0.4, 0.5) is 0 Å². The predicted molar refractivity (Wildman–Crippen MR) is 56.9 cm³/mol. The summed E-state index contributed by atoms with van der Waals surface area (Å²) in [6, 6.07) is 0. The third-order valence-electron chi connectivity index (χ3n) is 1.65. The first-order chi connectivity index (χ1) is 5.72. The fraction of sp³-hybridized carbons (Fsp3) is 0.875. The van der Waals surface area contributed by atoms with E-state index >= 15 is 0 Å². The molecule has 3 nitrogen and oxygen atoms in total. The molecular formula is C8H19N3S. The Labute approximate surface area is 80.5 Å². The van der Waals surface area contributed by atoms with Gasteiger partial charge in [0, 0.05) is 20.6 Å². The Bertz CT molecular complexity index is 127. The number of nitrogens with zero attached hydrogens (tertiary/aromatic N) is 1. The molecule has 0 radical (unpaired) electrons. The van der Waals surface area contributed by atoms with Crippen LogP contribution in [0.15, 0.2) is 0 Å². The highest BCUT2D eigenvalue weighted by Crippen LogP contribution is 1.91. The predicted octanol–water partition coefficient (Wildman–Crippen LogP) is 1.12. The lowest BCUT2D eigenvalue weighted by atomic mass is 10.2. The van der Waals surface area contributed by atoms with E-state index in [1.807, 2.05) is 19.1 Å². The Morgan fingerprint density at radius 3 is 2.58 bits per heavy atom. The van der Waals surface area contributed by atoms with E-state index in [1.54, 1.807) is 0 Å². The van der Waals surface area contributed by atoms with Gasteiger partial charge in [0.15, 0.2) is 5.11 Å². The second-order valence-electron chi connectivity index (χ2n) is 2.73. The Hall–Kier alpha value is -0.350. The van der Waals surface area contributed by atoms with Gasteiger partial charge in [0.1, 0.15) is 0 Å². The average molecular weight is 189 g/mol. The zero-order valence-corrected chi connectivity index (χ0v) is 9.00. The van der Waals surface area contributed by atoms with Gasteiger partial charge >= 0.3 is 0 Å². The van der Waals surface area contributed by atoms with E-state index in [0.717, 1.165) is 11.7 Å². The van der Waals surface area contributed by atoms with Crippen molar-refractivity contribution in [2.24, 2.45) is 0 Å². The van der Waals surface area contributed by atoms with Gasteiger partial charge in [-0.3, -0.25) is 5.01 Å². The zero-order valence-electron chi connectivity index (χ0n) is 8.18. The number of hydrogen-bond acceptors (Lipinski definition) is 2. The number of hydrogen-bond donors (Lipinski definition) is 2. The monoisotopic (exact) mass is 189 g/mol. The highest BCUT2D eigenvalue weighted by molar-refractivity contribution is 7.80. The molecule has 12 heavy (non-hydrogen) atoms. The number of unbranched alkanes of at least 4 members (excludes halogenated alkanes) is 2. The molecule has 0 saturated heterocycles. The molecule has 2 N–H and O–H groups in total. The second kappa shape index (κ2) is 7.31. The topological polar surface area (TPSA) is 27.3 Å². The molecule has 0 aliphatic heterocycles. The highest BCUT2D eigenvalue weighted by atomic mass is 32.1. The molecule has 0 amide bonds. The van der Waals surface area contributed by atoms with Gasteiger partial charge < -0.3 is 5.32 Å². The Morgan fingerprint density at radius 1 is 1.42 bits per heavy atom. The number of hydrazine groups is 1. The van der Waals surface area contributed by atoms with E-state index in [-0.39, 0.29) is 0 Å². The first kappa shape index (κ1) is 11.6. The van der Waals surface area contributed by atoms with Crippen LogP contribution in [0.25, 0.3) is 0 Å². The molecule has 0 saturated carbocycles. The van der Waals surface area contributed by atoms with Crippen molar-refractivity contribution in [3.8, 4) is 0 Å². The Balaban J connectivity index is 3.31. The summed E-state index contributed by atoms with van der Waals surface area (Å²) < 4.78 is 0. The average Bonchev–Trinajstić information content (AvgIpc) is 2.10. The first-order valence-electron chi connectivity index (χ1n) is 4.41. The van der Waals surface area contributed by atoms with Gasteiger partial charge in [-0.2, -0.15) is 0 Å². The quantitative estimate of drug-likeness (QED) is 0.385. The minimum atomic E-state index is 0.728. The van der Waals surface area contributed by atoms with Crippen LogP contribution in [-0.2, 0) is 0 Å². The van der Waals surface area contributed by atoms with Crippen molar-refractivity contribution in [1.82, 2.24) is 15.8 Å². The van der Waals surface area contributed by atoms with Gasteiger partial charge in [0.05, 0.1) is 0 Å². The van der Waals surface area contributed by atoms with Crippen molar-refractivity contribution in [3.05, 3.63) is 0 Å². The van der Waals surface area contributed by atoms with Crippen LogP contribution in [-0.4, -0.2) is 30.8 Å². The molecule has 0 rings (SSSR count). The van der Waals surface area contributed by atoms with Gasteiger partial charge in [-0.1, -0.05) is 19.8 Å². The lowest BCUT2D eigenvalue weighted by Crippen LogP contribution is -2.44. The number of rotatable bonds is 5. The van der Waals surface area contributed by atoms with E-state index < -0.39 is 0 Å². The minimum Gasteiger partial charge on any atom is -0.365 e. The molecular weight excluding hydrogens is 170 g/mol. The SMILES string of the molecule is CCCCCNN(C)C(=S)NC. The summed E-state index contributed by atoms with van der Waals surface area (Å²) in [4.78, 5) is 0. The molecule has 0 aliphatic rings. The van der Waals surface area contributed by atoms with Gasteiger partial charge in [0.2, 0.25) is 0 Å². The Morgan fingerprint density at radius 2 is 2.08 bits per heavy atom. The van der Waals surface area contributed by atoms with Crippen molar-refractivity contribution in [2.75, 3.05) is 20.6 Å².